The Bertz CT molecular complexity index is 1470. The van der Waals surface area contributed by atoms with E-state index in [1.165, 1.54) is 20.8 Å². The number of carboxylic acids is 2. The van der Waals surface area contributed by atoms with Crippen LogP contribution in [0.3, 0.4) is 0 Å². The lowest BCUT2D eigenvalue weighted by Crippen LogP contribution is -2.28. The third kappa shape index (κ3) is 44.0. The lowest BCUT2D eigenvalue weighted by atomic mass is 10.2. The molecule has 0 aromatic heterocycles. The van der Waals surface area contributed by atoms with Crippen molar-refractivity contribution >= 4 is 53.5 Å². The van der Waals surface area contributed by atoms with E-state index in [9.17, 15) is 43.2 Å². The minimum absolute atomic E-state index is 0.0343. The van der Waals surface area contributed by atoms with Crippen molar-refractivity contribution in [2.75, 3.05) is 40.0 Å². The first-order chi connectivity index (χ1) is 27.5. The van der Waals surface area contributed by atoms with Gasteiger partial charge in [0.25, 0.3) is 0 Å². The Kier molecular flexibility index (Phi) is 37.5. The molecule has 2 aromatic rings. The van der Waals surface area contributed by atoms with Gasteiger partial charge in [0.15, 0.2) is 0 Å². The third-order valence-corrected chi connectivity index (χ3v) is 5.98. The van der Waals surface area contributed by atoms with Gasteiger partial charge in [-0.15, -0.1) is 0 Å². The number of aliphatic carboxylic acids is 2. The Hall–Kier alpha value is -6.37. The van der Waals surface area contributed by atoms with Crippen molar-refractivity contribution < 1.29 is 77.4 Å². The van der Waals surface area contributed by atoms with Crippen LogP contribution in [-0.2, 0) is 75.3 Å². The number of rotatable bonds is 20. The molecular weight excluding hydrogens is 766 g/mol. The van der Waals surface area contributed by atoms with Gasteiger partial charge in [0, 0.05) is 47.1 Å². The molecule has 0 aliphatic carbocycles. The Morgan fingerprint density at radius 2 is 0.845 bits per heavy atom. The maximum Gasteiger partial charge on any atom is 0.325 e. The second-order valence-corrected chi connectivity index (χ2v) is 11.2. The minimum Gasteiger partial charge on any atom is -0.481 e. The summed E-state index contributed by atoms with van der Waals surface area (Å²) in [6.45, 7) is 6.01. The van der Waals surface area contributed by atoms with Crippen molar-refractivity contribution in [1.82, 2.24) is 16.0 Å². The minimum atomic E-state index is -1.03. The molecule has 19 heteroatoms. The van der Waals surface area contributed by atoms with Crippen molar-refractivity contribution in [3.05, 3.63) is 71.8 Å². The highest BCUT2D eigenvalue weighted by molar-refractivity contribution is 5.81. The quantitative estimate of drug-likeness (QED) is 0.0633. The molecule has 58 heavy (non-hydrogen) atoms. The largest absolute Gasteiger partial charge is 0.481 e. The number of hydrogen-bond donors (Lipinski definition) is 6. The topological polar surface area (TPSA) is 287 Å². The standard InChI is InChI=1S/C15H19NO5.C11H14O2.C8H13NO5.C4H7NO3.CH4O/c1-12(17)16-10-15(19)20-9-5-8-14(18)21-11-13-6-3-2-4-7-13;1-2-6-11(12)13-9-10-7-4-3-5-8-10;1-6(10)9-5-8(13)14-4-2-3-7(11)12;1-3(6)5-2-4(7)8;1-2/h2-4,6-7H,5,8-11H2,1H3,(H,16,17);3-5,7-8H,2,6,9H2,1H3;2-5H2,1H3,(H,9,10)(H,11,12);2H2,1H3,(H,5,6)(H,7,8);2H,1H3. The van der Waals surface area contributed by atoms with Gasteiger partial charge in [0.2, 0.25) is 17.7 Å². The number of amides is 3. The van der Waals surface area contributed by atoms with Gasteiger partial charge in [0.05, 0.1) is 13.2 Å². The Morgan fingerprint density at radius 1 is 0.483 bits per heavy atom. The highest BCUT2D eigenvalue weighted by atomic mass is 16.5. The maximum atomic E-state index is 11.5. The number of carbonyl (C=O) groups excluding carboxylic acids is 7. The summed E-state index contributed by atoms with van der Waals surface area (Å²) in [5.74, 6) is -4.43. The van der Waals surface area contributed by atoms with E-state index >= 15 is 0 Å². The van der Waals surface area contributed by atoms with Gasteiger partial charge in [-0.2, -0.15) is 0 Å². The summed E-state index contributed by atoms with van der Waals surface area (Å²) in [6, 6.07) is 19.1. The van der Waals surface area contributed by atoms with Gasteiger partial charge in [-0.3, -0.25) is 43.2 Å². The van der Waals surface area contributed by atoms with Gasteiger partial charge < -0.3 is 50.2 Å². The molecule has 0 radical (unpaired) electrons. The van der Waals surface area contributed by atoms with E-state index in [1.807, 2.05) is 67.6 Å². The Balaban J connectivity index is -0.000000720. The first-order valence-electron chi connectivity index (χ1n) is 17.9. The zero-order chi connectivity index (χ0) is 44.6. The lowest BCUT2D eigenvalue weighted by molar-refractivity contribution is -0.148. The average Bonchev–Trinajstić information content (AvgIpc) is 3.19. The first kappa shape index (κ1) is 56.0. The van der Waals surface area contributed by atoms with Crippen LogP contribution in [0.4, 0.5) is 0 Å². The normalized spacial score (nSPS) is 9.14. The number of carbonyl (C=O) groups is 9. The molecule has 0 bridgehead atoms. The zero-order valence-electron chi connectivity index (χ0n) is 33.6. The van der Waals surface area contributed by atoms with E-state index in [4.69, 9.17) is 29.5 Å². The Labute approximate surface area is 337 Å². The number of carboxylic acid groups (broad SMARTS) is 2. The molecule has 2 rings (SSSR count). The summed E-state index contributed by atoms with van der Waals surface area (Å²) in [7, 11) is 1.00. The molecule has 3 amide bonds. The van der Waals surface area contributed by atoms with Crippen LogP contribution in [0, 0.1) is 0 Å². The van der Waals surface area contributed by atoms with Crippen molar-refractivity contribution in [2.24, 2.45) is 0 Å². The number of ether oxygens (including phenoxy) is 4. The van der Waals surface area contributed by atoms with Crippen LogP contribution >= 0.6 is 0 Å². The molecule has 0 unspecified atom stereocenters. The van der Waals surface area contributed by atoms with Crippen molar-refractivity contribution in [2.45, 2.75) is 79.4 Å². The molecule has 0 saturated heterocycles. The van der Waals surface area contributed by atoms with Gasteiger partial charge in [-0.1, -0.05) is 67.6 Å². The second kappa shape index (κ2) is 38.9. The van der Waals surface area contributed by atoms with Crippen LogP contribution in [-0.4, -0.2) is 109 Å². The number of nitrogens with one attached hydrogen (secondary N) is 3. The maximum absolute atomic E-state index is 11.5. The fourth-order valence-electron chi connectivity index (χ4n) is 3.33. The van der Waals surface area contributed by atoms with Crippen molar-refractivity contribution in [3.8, 4) is 0 Å². The van der Waals surface area contributed by atoms with Crippen LogP contribution in [0.25, 0.3) is 0 Å². The highest BCUT2D eigenvalue weighted by Crippen LogP contribution is 2.04. The summed E-state index contributed by atoms with van der Waals surface area (Å²) in [5, 5.41) is 29.9. The third-order valence-electron chi connectivity index (χ3n) is 5.98. The van der Waals surface area contributed by atoms with E-state index in [2.05, 4.69) is 20.7 Å². The molecule has 324 valence electrons. The van der Waals surface area contributed by atoms with E-state index in [-0.39, 0.29) is 88.4 Å². The van der Waals surface area contributed by atoms with Crippen LogP contribution in [0.1, 0.15) is 77.3 Å². The molecule has 0 heterocycles. The molecule has 0 spiro atoms. The molecule has 6 N–H and O–H groups in total. The van der Waals surface area contributed by atoms with Crippen molar-refractivity contribution in [3.63, 3.8) is 0 Å². The van der Waals surface area contributed by atoms with Crippen LogP contribution < -0.4 is 16.0 Å². The predicted octanol–water partition coefficient (Wildman–Crippen LogP) is 2.07. The van der Waals surface area contributed by atoms with Crippen molar-refractivity contribution in [1.29, 1.82) is 0 Å². The number of hydrogen-bond acceptors (Lipinski definition) is 14. The summed E-state index contributed by atoms with van der Waals surface area (Å²) >= 11 is 0. The zero-order valence-corrected chi connectivity index (χ0v) is 33.6. The second-order valence-electron chi connectivity index (χ2n) is 11.2. The fraction of sp³-hybridized carbons (Fsp3) is 0.462. The van der Waals surface area contributed by atoms with Crippen LogP contribution in [0.15, 0.2) is 60.7 Å². The van der Waals surface area contributed by atoms with Gasteiger partial charge in [-0.05, 0) is 30.4 Å². The molecule has 2 aromatic carbocycles. The van der Waals surface area contributed by atoms with E-state index in [0.717, 1.165) is 24.7 Å². The molecule has 0 saturated carbocycles. The molecule has 0 atom stereocenters. The van der Waals surface area contributed by atoms with E-state index < -0.39 is 23.9 Å². The predicted molar refractivity (Wildman–Crippen MR) is 207 cm³/mol. The van der Waals surface area contributed by atoms with Gasteiger partial charge >= 0.3 is 35.8 Å². The van der Waals surface area contributed by atoms with Gasteiger partial charge in [0.1, 0.15) is 32.8 Å². The van der Waals surface area contributed by atoms with E-state index in [1.54, 1.807) is 0 Å². The first-order valence-corrected chi connectivity index (χ1v) is 17.9. The summed E-state index contributed by atoms with van der Waals surface area (Å²) in [6.07, 6.45) is 2.16. The number of aliphatic hydroxyl groups is 1. The van der Waals surface area contributed by atoms with E-state index in [0.29, 0.717) is 19.4 Å². The number of aliphatic hydroxyl groups excluding tert-OH is 1. The van der Waals surface area contributed by atoms with Gasteiger partial charge in [-0.25, -0.2) is 0 Å². The lowest BCUT2D eigenvalue weighted by Gasteiger charge is -2.06. The molecule has 0 fully saturated rings. The molecule has 0 aliphatic heterocycles. The smallest absolute Gasteiger partial charge is 0.325 e. The molecule has 19 nitrogen and oxygen atoms in total. The molecular formula is C39H57N3O16. The summed E-state index contributed by atoms with van der Waals surface area (Å²) in [4.78, 5) is 95.1. The summed E-state index contributed by atoms with van der Waals surface area (Å²) < 4.78 is 19.6. The fourth-order valence-corrected chi connectivity index (χ4v) is 3.33. The highest BCUT2D eigenvalue weighted by Gasteiger charge is 2.07. The summed E-state index contributed by atoms with van der Waals surface area (Å²) in [5.41, 5.74) is 1.96. The SMILES string of the molecule is CC(=O)NCC(=O)O.CC(=O)NCC(=O)OCCCC(=O)O.CC(=O)NCC(=O)OCCCC(=O)OCc1ccccc1.CCCC(=O)OCc1ccccc1.CO. The Morgan fingerprint density at radius 3 is 1.17 bits per heavy atom. The number of benzene rings is 2. The average molecular weight is 824 g/mol. The number of esters is 4. The van der Waals surface area contributed by atoms with Crippen LogP contribution in [0.2, 0.25) is 0 Å². The molecule has 0 aliphatic rings. The van der Waals surface area contributed by atoms with Crippen LogP contribution in [0.5, 0.6) is 0 Å². The monoisotopic (exact) mass is 823 g/mol.